The van der Waals surface area contributed by atoms with Gasteiger partial charge in [-0.3, -0.25) is 0 Å². The highest BCUT2D eigenvalue weighted by atomic mass is 19.4. The van der Waals surface area contributed by atoms with E-state index in [1.54, 1.807) is 55.1 Å². The summed E-state index contributed by atoms with van der Waals surface area (Å²) in [6.07, 6.45) is 11.7. The van der Waals surface area contributed by atoms with Crippen molar-refractivity contribution in [3.05, 3.63) is 83.4 Å². The fraction of sp³-hybridized carbons (Fsp3) is 0.296. The van der Waals surface area contributed by atoms with Crippen molar-refractivity contribution >= 4 is 17.6 Å². The minimum atomic E-state index is -5.08. The van der Waals surface area contributed by atoms with Crippen LogP contribution in [0.5, 0.6) is 0 Å². The van der Waals surface area contributed by atoms with Gasteiger partial charge in [-0.2, -0.15) is 18.3 Å². The number of amides is 2. The van der Waals surface area contributed by atoms with Crippen LogP contribution in [0.15, 0.2) is 66.2 Å². The van der Waals surface area contributed by atoms with Gasteiger partial charge >= 0.3 is 18.2 Å². The Labute approximate surface area is 228 Å². The maximum absolute atomic E-state index is 14.4. The number of carboxylic acid groups (broad SMARTS) is 1. The number of aromatic nitrogens is 2. The van der Waals surface area contributed by atoms with Crippen molar-refractivity contribution < 1.29 is 46.4 Å². The number of nitrogens with one attached hydrogen (secondary N) is 1. The molecule has 0 saturated heterocycles. The summed E-state index contributed by atoms with van der Waals surface area (Å²) in [6.45, 7) is 4.51. The number of halogens is 5. The SMILES string of the molecule is C#C.C/C=C(\C=C(/C)O)C1C=C(c2cc(F)ccc2F)CN1C(=O)N(C)CC[n+]1ccc[nH]1.O=C(O)C(F)(F)F. The Morgan fingerprint density at radius 3 is 2.38 bits per heavy atom. The van der Waals surface area contributed by atoms with Crippen LogP contribution >= 0.6 is 0 Å². The van der Waals surface area contributed by atoms with Crippen molar-refractivity contribution in [1.82, 2.24) is 14.9 Å². The van der Waals surface area contributed by atoms with Crippen LogP contribution in [0.3, 0.4) is 0 Å². The third-order valence-electron chi connectivity index (χ3n) is 5.45. The molecule has 0 aliphatic carbocycles. The van der Waals surface area contributed by atoms with E-state index in [1.165, 1.54) is 0 Å². The highest BCUT2D eigenvalue weighted by Gasteiger charge is 2.38. The van der Waals surface area contributed by atoms with E-state index in [-0.39, 0.29) is 23.9 Å². The molecule has 1 aromatic carbocycles. The smallest absolute Gasteiger partial charge is 0.490 e. The zero-order valence-corrected chi connectivity index (χ0v) is 22.0. The lowest BCUT2D eigenvalue weighted by Crippen LogP contribution is -2.48. The fourth-order valence-corrected chi connectivity index (χ4v) is 3.62. The number of urea groups is 1. The third-order valence-corrected chi connectivity index (χ3v) is 5.45. The van der Waals surface area contributed by atoms with Gasteiger partial charge in [0.15, 0.2) is 12.7 Å². The first-order valence-corrected chi connectivity index (χ1v) is 11.6. The molecule has 3 rings (SSSR count). The van der Waals surface area contributed by atoms with Gasteiger partial charge in [0, 0.05) is 25.2 Å². The van der Waals surface area contributed by atoms with Crippen LogP contribution in [-0.4, -0.2) is 69.5 Å². The predicted molar refractivity (Wildman–Crippen MR) is 138 cm³/mol. The number of aliphatic hydroxyl groups excluding tert-OH is 1. The van der Waals surface area contributed by atoms with E-state index in [0.717, 1.165) is 18.2 Å². The number of alkyl halides is 3. The van der Waals surface area contributed by atoms with Crippen LogP contribution in [0.4, 0.5) is 26.7 Å². The van der Waals surface area contributed by atoms with E-state index < -0.39 is 29.8 Å². The van der Waals surface area contributed by atoms with Gasteiger partial charge in [-0.25, -0.2) is 18.4 Å². The average molecular weight is 570 g/mol. The summed E-state index contributed by atoms with van der Waals surface area (Å²) < 4.78 is 61.8. The number of hydrogen-bond acceptors (Lipinski definition) is 3. The zero-order valence-electron chi connectivity index (χ0n) is 22.0. The lowest BCUT2D eigenvalue weighted by molar-refractivity contribution is -0.749. The summed E-state index contributed by atoms with van der Waals surface area (Å²) in [5.74, 6) is -3.76. The van der Waals surface area contributed by atoms with E-state index in [9.17, 15) is 31.9 Å². The molecule has 40 heavy (non-hydrogen) atoms. The van der Waals surface area contributed by atoms with Crippen LogP contribution in [-0.2, 0) is 11.3 Å². The number of aromatic amines is 1. The number of terminal acetylenes is 1. The molecule has 216 valence electrons. The lowest BCUT2D eigenvalue weighted by Gasteiger charge is -2.30. The Bertz CT molecular complexity index is 1260. The zero-order chi connectivity index (χ0) is 30.6. The number of nitrogens with zero attached hydrogens (tertiary/aromatic N) is 3. The van der Waals surface area contributed by atoms with E-state index in [4.69, 9.17) is 9.90 Å². The number of aliphatic carboxylic acids is 1. The molecule has 0 radical (unpaired) electrons. The molecule has 2 aromatic rings. The maximum atomic E-state index is 14.4. The van der Waals surface area contributed by atoms with E-state index >= 15 is 0 Å². The van der Waals surface area contributed by atoms with Gasteiger partial charge in [-0.1, -0.05) is 12.2 Å². The van der Waals surface area contributed by atoms with Crippen molar-refractivity contribution in [3.8, 4) is 12.8 Å². The molecule has 0 fully saturated rings. The number of carbonyl (C=O) groups is 2. The molecule has 1 aromatic heterocycles. The Kier molecular flexibility index (Phi) is 12.6. The molecular weight excluding hydrogens is 539 g/mol. The molecular formula is C27H30F5N4O4+. The predicted octanol–water partition coefficient (Wildman–Crippen LogP) is 4.69. The van der Waals surface area contributed by atoms with Gasteiger partial charge in [0.25, 0.3) is 0 Å². The van der Waals surface area contributed by atoms with Crippen molar-refractivity contribution in [1.29, 1.82) is 0 Å². The number of carbonyl (C=O) groups excluding carboxylic acids is 1. The van der Waals surface area contributed by atoms with E-state index in [1.807, 2.05) is 16.9 Å². The van der Waals surface area contributed by atoms with Gasteiger partial charge < -0.3 is 20.0 Å². The summed E-state index contributed by atoms with van der Waals surface area (Å²) in [4.78, 5) is 25.3. The summed E-state index contributed by atoms with van der Waals surface area (Å²) in [7, 11) is 1.70. The number of benzene rings is 1. The minimum absolute atomic E-state index is 0.0933. The topological polar surface area (TPSA) is 101 Å². The van der Waals surface area contributed by atoms with Crippen LogP contribution in [0.2, 0.25) is 0 Å². The molecule has 13 heteroatoms. The maximum Gasteiger partial charge on any atom is 0.490 e. The summed E-state index contributed by atoms with van der Waals surface area (Å²) in [6, 6.07) is 4.39. The normalized spacial score (nSPS) is 15.3. The number of carboxylic acids is 1. The first-order valence-electron chi connectivity index (χ1n) is 11.6. The second-order valence-corrected chi connectivity index (χ2v) is 8.30. The molecule has 2 amide bonds. The molecule has 0 bridgehead atoms. The molecule has 1 unspecified atom stereocenters. The lowest BCUT2D eigenvalue weighted by atomic mass is 10.0. The number of H-pyrrole nitrogens is 1. The Morgan fingerprint density at radius 2 is 1.88 bits per heavy atom. The van der Waals surface area contributed by atoms with Crippen LogP contribution in [0.25, 0.3) is 5.57 Å². The molecule has 0 saturated carbocycles. The van der Waals surface area contributed by atoms with Crippen LogP contribution in [0.1, 0.15) is 19.4 Å². The van der Waals surface area contributed by atoms with Crippen molar-refractivity contribution in [2.45, 2.75) is 32.6 Å². The highest BCUT2D eigenvalue weighted by Crippen LogP contribution is 2.32. The van der Waals surface area contributed by atoms with Gasteiger partial charge in [-0.05, 0) is 49.3 Å². The van der Waals surface area contributed by atoms with Crippen LogP contribution in [0, 0.1) is 24.5 Å². The van der Waals surface area contributed by atoms with E-state index in [2.05, 4.69) is 17.9 Å². The number of aliphatic hydroxyl groups is 1. The van der Waals surface area contributed by atoms with Gasteiger partial charge in [-0.15, -0.1) is 17.5 Å². The Hall–Kier alpha value is -4.60. The monoisotopic (exact) mass is 569 g/mol. The second-order valence-electron chi connectivity index (χ2n) is 8.30. The van der Waals surface area contributed by atoms with Gasteiger partial charge in [0.2, 0.25) is 0 Å². The average Bonchev–Trinajstić information content (AvgIpc) is 3.58. The second kappa shape index (κ2) is 15.1. The quantitative estimate of drug-likeness (QED) is 0.155. The van der Waals surface area contributed by atoms with Crippen molar-refractivity contribution in [2.75, 3.05) is 20.1 Å². The molecule has 1 atom stereocenters. The minimum Gasteiger partial charge on any atom is -0.513 e. The van der Waals surface area contributed by atoms with E-state index in [0.29, 0.717) is 24.2 Å². The molecule has 8 nitrogen and oxygen atoms in total. The highest BCUT2D eigenvalue weighted by molar-refractivity contribution is 5.82. The number of hydrogen-bond donors (Lipinski definition) is 3. The summed E-state index contributed by atoms with van der Waals surface area (Å²) >= 11 is 0. The molecule has 0 spiro atoms. The summed E-state index contributed by atoms with van der Waals surface area (Å²) in [5.41, 5.74) is 1.34. The number of rotatable bonds is 6. The molecule has 1 aliphatic rings. The van der Waals surface area contributed by atoms with Crippen molar-refractivity contribution in [3.63, 3.8) is 0 Å². The molecule has 2 heterocycles. The Morgan fingerprint density at radius 1 is 1.25 bits per heavy atom. The molecule has 3 N–H and O–H groups in total. The number of likely N-dealkylation sites (N-methyl/N-ethyl adjacent to an activating group) is 1. The van der Waals surface area contributed by atoms with Crippen LogP contribution < -0.4 is 4.68 Å². The summed E-state index contributed by atoms with van der Waals surface area (Å²) in [5, 5.41) is 19.9. The fourth-order valence-electron chi connectivity index (χ4n) is 3.62. The standard InChI is InChI=1S/C23H26F2N4O2.C2HF3O2.C2H2/c1-4-17(12-16(2)30)22-13-18(20-14-19(24)6-7-21(20)25)15-29(22)23(31)27(3)10-11-28-9-5-8-26-28;3-2(4,5)1(6)7;1-2/h4-9,12-14,22,30H,10-11,15H2,1-3H3;(H,6,7);1-2H/p+1/b16-12+,17-4+;;. The third kappa shape index (κ3) is 9.61. The first-order chi connectivity index (χ1) is 18.7. The first kappa shape index (κ1) is 33.4. The van der Waals surface area contributed by atoms with Gasteiger partial charge in [0.05, 0.1) is 24.5 Å². The molecule has 1 aliphatic heterocycles. The largest absolute Gasteiger partial charge is 0.513 e. The number of allylic oxidation sites excluding steroid dienone is 2. The van der Waals surface area contributed by atoms with Gasteiger partial charge in [0.1, 0.15) is 11.6 Å². The Balaban J connectivity index is 0.000000775. The van der Waals surface area contributed by atoms with Crippen molar-refractivity contribution in [2.24, 2.45) is 0 Å².